The van der Waals surface area contributed by atoms with Crippen molar-refractivity contribution in [1.29, 1.82) is 0 Å². The fourth-order valence-electron chi connectivity index (χ4n) is 1.96. The predicted molar refractivity (Wildman–Crippen MR) is 66.0 cm³/mol. The molecule has 1 aromatic rings. The standard InChI is InChI=1S/C12H20N2S/c1-14(2)7-10-8-15-12(6-13)11(10)5-9-3-4-9/h8-9H,3-7,13H2,1-2H3. The van der Waals surface area contributed by atoms with Crippen LogP contribution in [-0.4, -0.2) is 19.0 Å². The Balaban J connectivity index is 2.15. The zero-order valence-electron chi connectivity index (χ0n) is 9.62. The highest BCUT2D eigenvalue weighted by Gasteiger charge is 2.24. The van der Waals surface area contributed by atoms with Crippen molar-refractivity contribution >= 4 is 11.3 Å². The van der Waals surface area contributed by atoms with E-state index in [1.54, 1.807) is 5.56 Å². The van der Waals surface area contributed by atoms with Crippen molar-refractivity contribution in [2.75, 3.05) is 14.1 Å². The first-order chi connectivity index (χ1) is 7.20. The molecule has 1 fully saturated rings. The van der Waals surface area contributed by atoms with Crippen molar-refractivity contribution in [3.05, 3.63) is 21.4 Å². The van der Waals surface area contributed by atoms with Gasteiger partial charge in [-0.25, -0.2) is 0 Å². The molecule has 1 aliphatic carbocycles. The maximum Gasteiger partial charge on any atom is 0.0276 e. The molecule has 0 aromatic carbocycles. The van der Waals surface area contributed by atoms with Crippen molar-refractivity contribution in [2.24, 2.45) is 11.7 Å². The SMILES string of the molecule is CN(C)Cc1csc(CN)c1CC1CC1. The first-order valence-electron chi connectivity index (χ1n) is 5.63. The minimum absolute atomic E-state index is 0.708. The smallest absolute Gasteiger partial charge is 0.0276 e. The Morgan fingerprint density at radius 3 is 2.73 bits per heavy atom. The average Bonchev–Trinajstić information content (AvgIpc) is 2.91. The minimum Gasteiger partial charge on any atom is -0.326 e. The van der Waals surface area contributed by atoms with Crippen LogP contribution in [0.3, 0.4) is 0 Å². The van der Waals surface area contributed by atoms with Gasteiger partial charge in [0.2, 0.25) is 0 Å². The summed E-state index contributed by atoms with van der Waals surface area (Å²) < 4.78 is 0. The van der Waals surface area contributed by atoms with Crippen LogP contribution in [0.15, 0.2) is 5.38 Å². The monoisotopic (exact) mass is 224 g/mol. The van der Waals surface area contributed by atoms with Gasteiger partial charge in [-0.15, -0.1) is 11.3 Å². The highest BCUT2D eigenvalue weighted by molar-refractivity contribution is 7.10. The molecule has 2 N–H and O–H groups in total. The third-order valence-electron chi connectivity index (χ3n) is 2.93. The van der Waals surface area contributed by atoms with Gasteiger partial charge in [0.25, 0.3) is 0 Å². The van der Waals surface area contributed by atoms with Crippen LogP contribution in [0.2, 0.25) is 0 Å². The molecular formula is C12H20N2S. The maximum atomic E-state index is 5.79. The van der Waals surface area contributed by atoms with Crippen LogP contribution in [0.4, 0.5) is 0 Å². The lowest BCUT2D eigenvalue weighted by Gasteiger charge is -2.11. The van der Waals surface area contributed by atoms with E-state index in [1.165, 1.54) is 29.7 Å². The Bertz CT molecular complexity index is 326. The summed E-state index contributed by atoms with van der Waals surface area (Å²) in [5, 5.41) is 2.29. The van der Waals surface area contributed by atoms with E-state index in [-0.39, 0.29) is 0 Å². The zero-order valence-corrected chi connectivity index (χ0v) is 10.4. The van der Waals surface area contributed by atoms with Crippen LogP contribution in [0.1, 0.15) is 28.8 Å². The molecule has 0 amide bonds. The maximum absolute atomic E-state index is 5.79. The van der Waals surface area contributed by atoms with Crippen molar-refractivity contribution in [2.45, 2.75) is 32.4 Å². The van der Waals surface area contributed by atoms with E-state index < -0.39 is 0 Å². The molecule has 0 saturated heterocycles. The first-order valence-corrected chi connectivity index (χ1v) is 6.51. The second kappa shape index (κ2) is 4.64. The first kappa shape index (κ1) is 11.1. The lowest BCUT2D eigenvalue weighted by atomic mass is 10.0. The Labute approximate surface area is 96.1 Å². The fourth-order valence-corrected chi connectivity index (χ4v) is 2.92. The van der Waals surface area contributed by atoms with Crippen LogP contribution in [0.5, 0.6) is 0 Å². The van der Waals surface area contributed by atoms with Gasteiger partial charge in [-0.3, -0.25) is 0 Å². The van der Waals surface area contributed by atoms with Gasteiger partial charge in [0.1, 0.15) is 0 Å². The molecule has 1 aliphatic rings. The molecule has 1 aromatic heterocycles. The Morgan fingerprint density at radius 2 is 2.20 bits per heavy atom. The number of nitrogens with two attached hydrogens (primary N) is 1. The highest BCUT2D eigenvalue weighted by Crippen LogP contribution is 2.36. The molecule has 2 rings (SSSR count). The third kappa shape index (κ3) is 2.80. The van der Waals surface area contributed by atoms with Crippen LogP contribution in [0.25, 0.3) is 0 Å². The summed E-state index contributed by atoms with van der Waals surface area (Å²) in [5.41, 5.74) is 8.84. The summed E-state index contributed by atoms with van der Waals surface area (Å²) in [4.78, 5) is 3.64. The van der Waals surface area contributed by atoms with E-state index in [4.69, 9.17) is 5.73 Å². The molecule has 0 unspecified atom stereocenters. The van der Waals surface area contributed by atoms with E-state index >= 15 is 0 Å². The number of hydrogen-bond donors (Lipinski definition) is 1. The largest absolute Gasteiger partial charge is 0.326 e. The quantitative estimate of drug-likeness (QED) is 0.831. The van der Waals surface area contributed by atoms with Crippen molar-refractivity contribution in [3.8, 4) is 0 Å². The van der Waals surface area contributed by atoms with Gasteiger partial charge in [0, 0.05) is 18.0 Å². The van der Waals surface area contributed by atoms with Gasteiger partial charge in [-0.1, -0.05) is 0 Å². The van der Waals surface area contributed by atoms with E-state index in [2.05, 4.69) is 24.4 Å². The molecule has 0 aliphatic heterocycles. The number of rotatable bonds is 5. The van der Waals surface area contributed by atoms with Crippen LogP contribution in [-0.2, 0) is 19.5 Å². The highest BCUT2D eigenvalue weighted by atomic mass is 32.1. The fraction of sp³-hybridized carbons (Fsp3) is 0.667. The molecule has 1 saturated carbocycles. The summed E-state index contributed by atoms with van der Waals surface area (Å²) in [6.07, 6.45) is 4.10. The summed E-state index contributed by atoms with van der Waals surface area (Å²) in [7, 11) is 4.25. The topological polar surface area (TPSA) is 29.3 Å². The number of thiophene rings is 1. The average molecular weight is 224 g/mol. The molecule has 0 spiro atoms. The van der Waals surface area contributed by atoms with Crippen LogP contribution >= 0.6 is 11.3 Å². The van der Waals surface area contributed by atoms with Gasteiger partial charge in [-0.05, 0) is 55.8 Å². The second-order valence-electron chi connectivity index (χ2n) is 4.75. The number of hydrogen-bond acceptors (Lipinski definition) is 3. The molecule has 0 atom stereocenters. The summed E-state index contributed by atoms with van der Waals surface area (Å²) in [5.74, 6) is 0.950. The normalized spacial score (nSPS) is 16.3. The second-order valence-corrected chi connectivity index (χ2v) is 5.72. The molecule has 0 radical (unpaired) electrons. The van der Waals surface area contributed by atoms with Crippen molar-refractivity contribution in [3.63, 3.8) is 0 Å². The summed E-state index contributed by atoms with van der Waals surface area (Å²) >= 11 is 1.84. The van der Waals surface area contributed by atoms with Crippen LogP contribution < -0.4 is 5.73 Å². The summed E-state index contributed by atoms with van der Waals surface area (Å²) in [6.45, 7) is 1.76. The zero-order chi connectivity index (χ0) is 10.8. The third-order valence-corrected chi connectivity index (χ3v) is 4.03. The molecule has 84 valence electrons. The Hall–Kier alpha value is -0.380. The lowest BCUT2D eigenvalue weighted by Crippen LogP contribution is -2.12. The van der Waals surface area contributed by atoms with Crippen molar-refractivity contribution in [1.82, 2.24) is 4.90 Å². The van der Waals surface area contributed by atoms with E-state index in [9.17, 15) is 0 Å². The van der Waals surface area contributed by atoms with E-state index in [1.807, 2.05) is 11.3 Å². The minimum atomic E-state index is 0.708. The predicted octanol–water partition coefficient (Wildman–Crippen LogP) is 2.22. The lowest BCUT2D eigenvalue weighted by molar-refractivity contribution is 0.401. The van der Waals surface area contributed by atoms with Crippen molar-refractivity contribution < 1.29 is 0 Å². The van der Waals surface area contributed by atoms with E-state index in [0.717, 1.165) is 12.5 Å². The van der Waals surface area contributed by atoms with Gasteiger partial charge in [0.15, 0.2) is 0 Å². The van der Waals surface area contributed by atoms with Gasteiger partial charge in [-0.2, -0.15) is 0 Å². The van der Waals surface area contributed by atoms with E-state index in [0.29, 0.717) is 6.54 Å². The molecular weight excluding hydrogens is 204 g/mol. The number of nitrogens with zero attached hydrogens (tertiary/aromatic N) is 1. The Morgan fingerprint density at radius 1 is 1.47 bits per heavy atom. The van der Waals surface area contributed by atoms with Gasteiger partial charge in [0.05, 0.1) is 0 Å². The van der Waals surface area contributed by atoms with Gasteiger partial charge < -0.3 is 10.6 Å². The molecule has 1 heterocycles. The Kier molecular flexibility index (Phi) is 3.44. The van der Waals surface area contributed by atoms with Gasteiger partial charge >= 0.3 is 0 Å². The molecule has 15 heavy (non-hydrogen) atoms. The molecule has 3 heteroatoms. The molecule has 0 bridgehead atoms. The summed E-state index contributed by atoms with van der Waals surface area (Å²) in [6, 6.07) is 0. The van der Waals surface area contributed by atoms with Crippen LogP contribution in [0, 0.1) is 5.92 Å². The molecule has 2 nitrogen and oxygen atoms in total.